The maximum atomic E-state index is 12.8. The van der Waals surface area contributed by atoms with Gasteiger partial charge in [-0.1, -0.05) is 12.1 Å². The molecule has 2 N–H and O–H groups in total. The average Bonchev–Trinajstić information content (AvgIpc) is 2.71. The number of rotatable bonds is 4. The van der Waals surface area contributed by atoms with E-state index in [0.717, 1.165) is 23.9 Å². The normalized spacial score (nSPS) is 20.2. The average molecular weight is 438 g/mol. The largest absolute Gasteiger partial charge is 0.486 e. The molecule has 2 aliphatic rings. The summed E-state index contributed by atoms with van der Waals surface area (Å²) in [5.74, 6) is 0.372. The molecule has 0 radical (unpaired) electrons. The molecule has 0 saturated heterocycles. The summed E-state index contributed by atoms with van der Waals surface area (Å²) in [6.07, 6.45) is -4.97. The zero-order valence-electron chi connectivity index (χ0n) is 15.5. The Kier molecular flexibility index (Phi) is 5.50. The van der Waals surface area contributed by atoms with Gasteiger partial charge in [-0.15, -0.1) is 11.8 Å². The lowest BCUT2D eigenvalue weighted by molar-refractivity contribution is -0.137. The van der Waals surface area contributed by atoms with Crippen LogP contribution in [0.3, 0.4) is 0 Å². The van der Waals surface area contributed by atoms with E-state index in [2.05, 4.69) is 10.6 Å². The standard InChI is InChI=1S/C20H17F3N2O4S/c21-20(22,23)11-5-6-16-13(7-11)25-19(27)17(30-16)8-18(26)24-9-12-10-28-14-3-1-2-4-15(14)29-12/h1-7,12,17H,8-10H2,(H,24,26)(H,25,27)/t12-,17-/m0/s1. The third kappa shape index (κ3) is 4.48. The molecule has 2 amide bonds. The first-order valence-electron chi connectivity index (χ1n) is 9.13. The topological polar surface area (TPSA) is 76.7 Å². The molecule has 10 heteroatoms. The van der Waals surface area contributed by atoms with Gasteiger partial charge in [0.05, 0.1) is 23.0 Å². The lowest BCUT2D eigenvalue weighted by Crippen LogP contribution is -2.42. The van der Waals surface area contributed by atoms with E-state index in [1.54, 1.807) is 12.1 Å². The van der Waals surface area contributed by atoms with Gasteiger partial charge >= 0.3 is 6.18 Å². The molecule has 2 aromatic rings. The van der Waals surface area contributed by atoms with Gasteiger partial charge in [-0.05, 0) is 30.3 Å². The molecule has 158 valence electrons. The second-order valence-electron chi connectivity index (χ2n) is 6.81. The molecule has 0 fully saturated rings. The molecule has 4 rings (SSSR count). The van der Waals surface area contributed by atoms with E-state index in [-0.39, 0.29) is 37.3 Å². The number of nitrogens with one attached hydrogen (secondary N) is 2. The van der Waals surface area contributed by atoms with Crippen LogP contribution in [0.2, 0.25) is 0 Å². The van der Waals surface area contributed by atoms with Crippen LogP contribution in [0.25, 0.3) is 0 Å². The van der Waals surface area contributed by atoms with Crippen molar-refractivity contribution in [3.63, 3.8) is 0 Å². The second-order valence-corrected chi connectivity index (χ2v) is 8.05. The summed E-state index contributed by atoms with van der Waals surface area (Å²) in [6.45, 7) is 0.489. The first-order valence-corrected chi connectivity index (χ1v) is 10.0. The fourth-order valence-electron chi connectivity index (χ4n) is 3.09. The smallest absolute Gasteiger partial charge is 0.416 e. The van der Waals surface area contributed by atoms with Gasteiger partial charge < -0.3 is 20.1 Å². The second kappa shape index (κ2) is 8.10. The summed E-state index contributed by atoms with van der Waals surface area (Å²) in [5.41, 5.74) is -0.738. The number of benzene rings is 2. The van der Waals surface area contributed by atoms with Crippen LogP contribution in [-0.2, 0) is 15.8 Å². The number of hydrogen-bond donors (Lipinski definition) is 2. The Bertz CT molecular complexity index is 983. The predicted octanol–water partition coefficient (Wildman–Crippen LogP) is 3.46. The molecule has 30 heavy (non-hydrogen) atoms. The van der Waals surface area contributed by atoms with Gasteiger partial charge in [0, 0.05) is 11.3 Å². The van der Waals surface area contributed by atoms with E-state index in [1.165, 1.54) is 6.07 Å². The molecule has 0 bridgehead atoms. The van der Waals surface area contributed by atoms with Crippen LogP contribution >= 0.6 is 11.8 Å². The number of anilines is 1. The lowest BCUT2D eigenvalue weighted by Gasteiger charge is -2.27. The molecule has 2 atom stereocenters. The Morgan fingerprint density at radius 3 is 2.73 bits per heavy atom. The zero-order valence-corrected chi connectivity index (χ0v) is 16.3. The monoisotopic (exact) mass is 438 g/mol. The summed E-state index contributed by atoms with van der Waals surface area (Å²) in [4.78, 5) is 25.0. The fraction of sp³-hybridized carbons (Fsp3) is 0.300. The summed E-state index contributed by atoms with van der Waals surface area (Å²) in [5, 5.41) is 4.44. The molecule has 2 heterocycles. The number of halogens is 3. The van der Waals surface area contributed by atoms with Crippen molar-refractivity contribution >= 4 is 29.3 Å². The van der Waals surface area contributed by atoms with Gasteiger partial charge in [-0.2, -0.15) is 13.2 Å². The highest BCUT2D eigenvalue weighted by Gasteiger charge is 2.34. The highest BCUT2D eigenvalue weighted by Crippen LogP contribution is 2.40. The first-order chi connectivity index (χ1) is 14.3. The Morgan fingerprint density at radius 1 is 1.20 bits per heavy atom. The third-order valence-corrected chi connectivity index (χ3v) is 5.87. The highest BCUT2D eigenvalue weighted by molar-refractivity contribution is 8.01. The Morgan fingerprint density at radius 2 is 1.97 bits per heavy atom. The van der Waals surface area contributed by atoms with Crippen molar-refractivity contribution in [2.75, 3.05) is 18.5 Å². The summed E-state index contributed by atoms with van der Waals surface area (Å²) >= 11 is 1.07. The van der Waals surface area contributed by atoms with Gasteiger partial charge in [0.2, 0.25) is 11.8 Å². The van der Waals surface area contributed by atoms with Crippen molar-refractivity contribution in [3.8, 4) is 11.5 Å². The number of para-hydroxylation sites is 2. The highest BCUT2D eigenvalue weighted by atomic mass is 32.2. The summed E-state index contributed by atoms with van der Waals surface area (Å²) in [6, 6.07) is 10.4. The minimum Gasteiger partial charge on any atom is -0.486 e. The van der Waals surface area contributed by atoms with Crippen LogP contribution in [0.5, 0.6) is 11.5 Å². The number of ether oxygens (including phenoxy) is 2. The van der Waals surface area contributed by atoms with E-state index in [4.69, 9.17) is 9.47 Å². The summed E-state index contributed by atoms with van der Waals surface area (Å²) < 4.78 is 49.8. The molecular formula is C20H17F3N2O4S. The Balaban J connectivity index is 1.31. The first kappa shape index (κ1) is 20.4. The van der Waals surface area contributed by atoms with Crippen LogP contribution in [0, 0.1) is 0 Å². The molecule has 0 spiro atoms. The number of hydrogen-bond acceptors (Lipinski definition) is 5. The lowest BCUT2D eigenvalue weighted by atomic mass is 10.1. The number of carbonyl (C=O) groups excluding carboxylic acids is 2. The van der Waals surface area contributed by atoms with Crippen molar-refractivity contribution in [2.45, 2.75) is 28.8 Å². The van der Waals surface area contributed by atoms with Crippen LogP contribution in [0.1, 0.15) is 12.0 Å². The molecule has 2 aliphatic heterocycles. The van der Waals surface area contributed by atoms with Crippen LogP contribution in [0.4, 0.5) is 18.9 Å². The minimum absolute atomic E-state index is 0.0999. The molecule has 0 aromatic heterocycles. The number of thioether (sulfide) groups is 1. The van der Waals surface area contributed by atoms with E-state index < -0.39 is 22.9 Å². The maximum absolute atomic E-state index is 12.8. The van der Waals surface area contributed by atoms with Crippen LogP contribution in [-0.4, -0.2) is 36.3 Å². The third-order valence-electron chi connectivity index (χ3n) is 4.59. The molecule has 0 saturated carbocycles. The summed E-state index contributed by atoms with van der Waals surface area (Å²) in [7, 11) is 0. The van der Waals surface area contributed by atoms with Crippen molar-refractivity contribution in [3.05, 3.63) is 48.0 Å². The SMILES string of the molecule is O=C(C[C@@H]1Sc2ccc(C(F)(F)F)cc2NC1=O)NC[C@H]1COc2ccccc2O1. The van der Waals surface area contributed by atoms with Crippen molar-refractivity contribution in [1.29, 1.82) is 0 Å². The fourth-order valence-corrected chi connectivity index (χ4v) is 4.18. The predicted molar refractivity (Wildman–Crippen MR) is 104 cm³/mol. The van der Waals surface area contributed by atoms with Gasteiger partial charge in [0.1, 0.15) is 12.7 Å². The van der Waals surface area contributed by atoms with E-state index in [0.29, 0.717) is 16.4 Å². The molecule has 6 nitrogen and oxygen atoms in total. The molecule has 2 aromatic carbocycles. The van der Waals surface area contributed by atoms with Crippen LogP contribution in [0.15, 0.2) is 47.4 Å². The van der Waals surface area contributed by atoms with E-state index >= 15 is 0 Å². The molecule has 0 aliphatic carbocycles. The van der Waals surface area contributed by atoms with Gasteiger partial charge in [-0.3, -0.25) is 9.59 Å². The number of alkyl halides is 3. The quantitative estimate of drug-likeness (QED) is 0.765. The number of fused-ring (bicyclic) bond motifs is 2. The van der Waals surface area contributed by atoms with Gasteiger partial charge in [0.25, 0.3) is 0 Å². The molecular weight excluding hydrogens is 421 g/mol. The van der Waals surface area contributed by atoms with Gasteiger partial charge in [-0.25, -0.2) is 0 Å². The Hall–Kier alpha value is -2.88. The maximum Gasteiger partial charge on any atom is 0.416 e. The number of amides is 2. The minimum atomic E-state index is -4.49. The van der Waals surface area contributed by atoms with E-state index in [1.807, 2.05) is 12.1 Å². The van der Waals surface area contributed by atoms with Crippen LogP contribution < -0.4 is 20.1 Å². The van der Waals surface area contributed by atoms with E-state index in [9.17, 15) is 22.8 Å². The zero-order chi connectivity index (χ0) is 21.3. The number of carbonyl (C=O) groups is 2. The van der Waals surface area contributed by atoms with Crippen molar-refractivity contribution < 1.29 is 32.2 Å². The Labute approximate surface area is 174 Å². The van der Waals surface area contributed by atoms with Crippen molar-refractivity contribution in [1.82, 2.24) is 5.32 Å². The van der Waals surface area contributed by atoms with Gasteiger partial charge in [0.15, 0.2) is 11.5 Å². The molecule has 0 unspecified atom stereocenters. The van der Waals surface area contributed by atoms with Crippen molar-refractivity contribution in [2.24, 2.45) is 0 Å².